The van der Waals surface area contributed by atoms with Crippen LogP contribution in [0.3, 0.4) is 0 Å². The summed E-state index contributed by atoms with van der Waals surface area (Å²) >= 11 is 4.06. The number of aromatic nitrogens is 1. The molecule has 1 aromatic heterocycles. The Morgan fingerprint density at radius 2 is 2.42 bits per heavy atom. The molecule has 0 radical (unpaired) electrons. The van der Waals surface area contributed by atoms with Gasteiger partial charge in [0.05, 0.1) is 12.7 Å². The zero-order valence-corrected chi connectivity index (χ0v) is 7.54. The number of ether oxygens (including phenoxy) is 1. The highest BCUT2D eigenvalue weighted by atomic mass is 32.1. The molecule has 0 N–H and O–H groups in total. The van der Waals surface area contributed by atoms with E-state index in [0.29, 0.717) is 11.3 Å². The number of nitrogens with zero attached hydrogens (tertiary/aromatic N) is 1. The third kappa shape index (κ3) is 1.98. The van der Waals surface area contributed by atoms with Crippen molar-refractivity contribution >= 4 is 18.6 Å². The van der Waals surface area contributed by atoms with Gasteiger partial charge in [-0.1, -0.05) is 0 Å². The molecule has 0 atom stereocenters. The number of methoxy groups -OCH3 is 1. The molecule has 0 aromatic carbocycles. The Balaban J connectivity index is 2.93. The Morgan fingerprint density at radius 1 is 1.67 bits per heavy atom. The molecule has 0 aliphatic carbocycles. The molecule has 3 nitrogen and oxygen atoms in total. The fraction of sp³-hybridized carbons (Fsp3) is 0.250. The van der Waals surface area contributed by atoms with E-state index in [1.807, 2.05) is 0 Å². The van der Waals surface area contributed by atoms with Crippen molar-refractivity contribution in [3.8, 4) is 0 Å². The van der Waals surface area contributed by atoms with Crippen molar-refractivity contribution in [1.29, 1.82) is 0 Å². The smallest absolute Gasteiger partial charge is 0.339 e. The summed E-state index contributed by atoms with van der Waals surface area (Å²) in [6.07, 6.45) is 3.14. The highest BCUT2D eigenvalue weighted by Gasteiger charge is 2.04. The molecule has 12 heavy (non-hydrogen) atoms. The number of pyridine rings is 1. The molecule has 64 valence electrons. The van der Waals surface area contributed by atoms with Gasteiger partial charge >= 0.3 is 5.97 Å². The number of rotatable bonds is 2. The van der Waals surface area contributed by atoms with Crippen molar-refractivity contribution in [3.63, 3.8) is 0 Å². The largest absolute Gasteiger partial charge is 0.465 e. The Bertz CT molecular complexity index is 288. The van der Waals surface area contributed by atoms with Gasteiger partial charge in [0.15, 0.2) is 0 Å². The molecule has 1 rings (SSSR count). The van der Waals surface area contributed by atoms with Gasteiger partial charge < -0.3 is 4.74 Å². The summed E-state index contributed by atoms with van der Waals surface area (Å²) < 4.78 is 4.53. The first kappa shape index (κ1) is 9.06. The van der Waals surface area contributed by atoms with E-state index in [4.69, 9.17) is 0 Å². The first-order valence-electron chi connectivity index (χ1n) is 3.41. The molecule has 0 saturated heterocycles. The van der Waals surface area contributed by atoms with E-state index < -0.39 is 0 Å². The van der Waals surface area contributed by atoms with Crippen molar-refractivity contribution in [1.82, 2.24) is 4.98 Å². The van der Waals surface area contributed by atoms with Crippen LogP contribution in [0, 0.1) is 0 Å². The first-order valence-corrected chi connectivity index (χ1v) is 4.04. The van der Waals surface area contributed by atoms with E-state index in [-0.39, 0.29) is 5.97 Å². The van der Waals surface area contributed by atoms with Crippen molar-refractivity contribution in [2.75, 3.05) is 7.11 Å². The number of thiol groups is 1. The van der Waals surface area contributed by atoms with Gasteiger partial charge in [0, 0.05) is 18.1 Å². The molecule has 1 aromatic rings. The fourth-order valence-electron chi connectivity index (χ4n) is 0.804. The van der Waals surface area contributed by atoms with Crippen LogP contribution in [0.5, 0.6) is 0 Å². The highest BCUT2D eigenvalue weighted by Crippen LogP contribution is 2.05. The molecule has 0 bridgehead atoms. The van der Waals surface area contributed by atoms with Crippen molar-refractivity contribution in [2.45, 2.75) is 5.75 Å². The highest BCUT2D eigenvalue weighted by molar-refractivity contribution is 7.79. The summed E-state index contributed by atoms with van der Waals surface area (Å²) in [5.74, 6) is 0.198. The summed E-state index contributed by atoms with van der Waals surface area (Å²) in [4.78, 5) is 14.9. The van der Waals surface area contributed by atoms with Crippen LogP contribution in [0.25, 0.3) is 0 Å². The maximum atomic E-state index is 11.0. The van der Waals surface area contributed by atoms with Crippen LogP contribution in [-0.4, -0.2) is 18.1 Å². The lowest BCUT2D eigenvalue weighted by Gasteiger charge is -1.99. The third-order valence-corrected chi connectivity index (χ3v) is 1.76. The topological polar surface area (TPSA) is 39.2 Å². The van der Waals surface area contributed by atoms with E-state index in [1.54, 1.807) is 12.3 Å². The van der Waals surface area contributed by atoms with Gasteiger partial charge in [-0.15, -0.1) is 0 Å². The molecule has 0 amide bonds. The Hall–Kier alpha value is -1.03. The zero-order chi connectivity index (χ0) is 8.97. The average Bonchev–Trinajstić information content (AvgIpc) is 2.17. The SMILES string of the molecule is COC(=O)c1cncc(CS)c1. The molecule has 1 heterocycles. The summed E-state index contributed by atoms with van der Waals surface area (Å²) in [6, 6.07) is 1.71. The standard InChI is InChI=1S/C8H9NO2S/c1-11-8(10)7-2-6(5-12)3-9-4-7/h2-4,12H,5H2,1H3. The summed E-state index contributed by atoms with van der Waals surface area (Å²) in [5, 5.41) is 0. The maximum absolute atomic E-state index is 11.0. The van der Waals surface area contributed by atoms with Crippen molar-refractivity contribution in [2.24, 2.45) is 0 Å². The molecular formula is C8H9NO2S. The second kappa shape index (κ2) is 4.11. The van der Waals surface area contributed by atoms with Gasteiger partial charge in [0.25, 0.3) is 0 Å². The number of esters is 1. The van der Waals surface area contributed by atoms with E-state index in [0.717, 1.165) is 5.56 Å². The van der Waals surface area contributed by atoms with Crippen LogP contribution in [0.1, 0.15) is 15.9 Å². The van der Waals surface area contributed by atoms with Crippen LogP contribution in [0.15, 0.2) is 18.5 Å². The third-order valence-electron chi connectivity index (χ3n) is 1.40. The molecule has 0 aliphatic heterocycles. The summed E-state index contributed by atoms with van der Waals surface area (Å²) in [7, 11) is 1.34. The number of carbonyl (C=O) groups excluding carboxylic acids is 1. The summed E-state index contributed by atoms with van der Waals surface area (Å²) in [5.41, 5.74) is 1.37. The molecule has 0 fully saturated rings. The van der Waals surface area contributed by atoms with Gasteiger partial charge in [-0.2, -0.15) is 12.6 Å². The van der Waals surface area contributed by atoms with Gasteiger partial charge in [-0.25, -0.2) is 4.79 Å². The van der Waals surface area contributed by atoms with Crippen LogP contribution in [0.2, 0.25) is 0 Å². The molecule has 0 unspecified atom stereocenters. The quantitative estimate of drug-likeness (QED) is 0.555. The average molecular weight is 183 g/mol. The van der Waals surface area contributed by atoms with E-state index >= 15 is 0 Å². The second-order valence-electron chi connectivity index (χ2n) is 2.23. The molecular weight excluding hydrogens is 174 g/mol. The minimum absolute atomic E-state index is 0.369. The van der Waals surface area contributed by atoms with Crippen LogP contribution < -0.4 is 0 Å². The number of hydrogen-bond donors (Lipinski definition) is 1. The Labute approximate surface area is 76.2 Å². The van der Waals surface area contributed by atoms with Gasteiger partial charge in [0.1, 0.15) is 0 Å². The monoisotopic (exact) mass is 183 g/mol. The van der Waals surface area contributed by atoms with E-state index in [9.17, 15) is 4.79 Å². The first-order chi connectivity index (χ1) is 5.77. The van der Waals surface area contributed by atoms with E-state index in [1.165, 1.54) is 13.3 Å². The molecule has 0 spiro atoms. The Morgan fingerprint density at radius 3 is 3.00 bits per heavy atom. The summed E-state index contributed by atoms with van der Waals surface area (Å²) in [6.45, 7) is 0. The predicted molar refractivity (Wildman–Crippen MR) is 48.3 cm³/mol. The van der Waals surface area contributed by atoms with Gasteiger partial charge in [-0.05, 0) is 11.6 Å². The predicted octanol–water partition coefficient (Wildman–Crippen LogP) is 1.30. The Kier molecular flexibility index (Phi) is 3.10. The molecule has 4 heteroatoms. The molecule has 0 saturated carbocycles. The van der Waals surface area contributed by atoms with E-state index in [2.05, 4.69) is 22.3 Å². The van der Waals surface area contributed by atoms with Crippen LogP contribution in [0.4, 0.5) is 0 Å². The molecule has 0 aliphatic rings. The maximum Gasteiger partial charge on any atom is 0.339 e. The fourth-order valence-corrected chi connectivity index (χ4v) is 0.976. The zero-order valence-electron chi connectivity index (χ0n) is 6.65. The van der Waals surface area contributed by atoms with Crippen LogP contribution in [-0.2, 0) is 10.5 Å². The van der Waals surface area contributed by atoms with Gasteiger partial charge in [-0.3, -0.25) is 4.98 Å². The lowest BCUT2D eigenvalue weighted by atomic mass is 10.2. The van der Waals surface area contributed by atoms with Crippen LogP contribution >= 0.6 is 12.6 Å². The van der Waals surface area contributed by atoms with Crippen molar-refractivity contribution < 1.29 is 9.53 Å². The number of hydrogen-bond acceptors (Lipinski definition) is 4. The lowest BCUT2D eigenvalue weighted by Crippen LogP contribution is -2.02. The van der Waals surface area contributed by atoms with Gasteiger partial charge in [0.2, 0.25) is 0 Å². The minimum Gasteiger partial charge on any atom is -0.465 e. The van der Waals surface area contributed by atoms with Crippen molar-refractivity contribution in [3.05, 3.63) is 29.6 Å². The number of carbonyl (C=O) groups is 1. The lowest BCUT2D eigenvalue weighted by molar-refractivity contribution is 0.0600. The normalized spacial score (nSPS) is 9.50. The second-order valence-corrected chi connectivity index (χ2v) is 2.55. The minimum atomic E-state index is -0.369.